The number of hydrogen-bond acceptors (Lipinski definition) is 2. The molecule has 0 saturated carbocycles. The summed E-state index contributed by atoms with van der Waals surface area (Å²) >= 11 is -0.0984. The summed E-state index contributed by atoms with van der Waals surface area (Å²) in [5.74, 6) is 0.534. The number of nitrogens with one attached hydrogen (secondary N) is 2. The van der Waals surface area contributed by atoms with Crippen LogP contribution in [0.2, 0.25) is 0 Å². The topological polar surface area (TPSA) is 70.7 Å². The number of nitrogens with zero attached hydrogens (tertiary/aromatic N) is 1. The van der Waals surface area contributed by atoms with Crippen LogP contribution in [0, 0.1) is 0 Å². The van der Waals surface area contributed by atoms with Gasteiger partial charge in [0, 0.05) is 0 Å². The fourth-order valence-electron chi connectivity index (χ4n) is 1.56. The molecular weight excluding hydrogens is 273 g/mol. The zero-order valence-electron chi connectivity index (χ0n) is 8.06. The zero-order valence-corrected chi connectivity index (χ0v) is 9.77. The third-order valence-corrected chi connectivity index (χ3v) is 4.60. The Kier molecular flexibility index (Phi) is 1.99. The molecule has 0 saturated heterocycles. The number of rotatable bonds is 1. The molecule has 1 aromatic carbocycles. The maximum absolute atomic E-state index is 12.0. The Morgan fingerprint density at radius 2 is 1.94 bits per heavy atom. The Morgan fingerprint density at radius 3 is 2.62 bits per heavy atom. The van der Waals surface area contributed by atoms with E-state index in [1.165, 1.54) is 6.07 Å². The van der Waals surface area contributed by atoms with E-state index in [0.29, 0.717) is 5.82 Å². The van der Waals surface area contributed by atoms with E-state index in [-0.39, 0.29) is 25.9 Å². The summed E-state index contributed by atoms with van der Waals surface area (Å²) in [5, 5.41) is 5.85. The van der Waals surface area contributed by atoms with Crippen molar-refractivity contribution >= 4 is 24.4 Å². The third kappa shape index (κ3) is 1.31. The van der Waals surface area contributed by atoms with Crippen molar-refractivity contribution in [3.05, 3.63) is 51.0 Å². The summed E-state index contributed by atoms with van der Waals surface area (Å²) in [5.41, 5.74) is -0.277. The van der Waals surface area contributed by atoms with Crippen LogP contribution in [0.25, 0.3) is 15.5 Å². The molecule has 3 rings (SSSR count). The molecule has 80 valence electrons. The second kappa shape index (κ2) is 3.37. The van der Waals surface area contributed by atoms with Gasteiger partial charge in [-0.3, -0.25) is 0 Å². The molecule has 0 aliphatic heterocycles. The zero-order chi connectivity index (χ0) is 11.1. The Morgan fingerprint density at radius 1 is 1.12 bits per heavy atom. The molecule has 0 radical (unpaired) electrons. The first kappa shape index (κ1) is 9.45. The Labute approximate surface area is 95.3 Å². The van der Waals surface area contributed by atoms with Crippen molar-refractivity contribution in [1.82, 2.24) is 13.8 Å². The van der Waals surface area contributed by atoms with Crippen LogP contribution in [0.4, 0.5) is 0 Å². The molecule has 6 heteroatoms. The van der Waals surface area contributed by atoms with E-state index in [1.807, 2.05) is 24.3 Å². The van der Waals surface area contributed by atoms with Gasteiger partial charge in [-0.2, -0.15) is 0 Å². The van der Waals surface area contributed by atoms with Crippen LogP contribution in [-0.2, 0) is 0 Å². The average molecular weight is 280 g/mol. The maximum atomic E-state index is 12.0. The fraction of sp³-hybridized carbons (Fsp3) is 0. The molecule has 2 heterocycles. The number of benzene rings is 1. The normalized spacial score (nSPS) is 11.0. The van der Waals surface area contributed by atoms with Crippen molar-refractivity contribution < 1.29 is 0 Å². The second-order valence-corrected chi connectivity index (χ2v) is 5.40. The average Bonchev–Trinajstić information content (AvgIpc) is 2.84. The minimum atomic E-state index is -0.227. The third-order valence-electron chi connectivity index (χ3n) is 2.29. The van der Waals surface area contributed by atoms with E-state index >= 15 is 0 Å². The van der Waals surface area contributed by atoms with E-state index in [1.54, 1.807) is 3.56 Å². The monoisotopic (exact) mass is 281 g/mol. The summed E-state index contributed by atoms with van der Waals surface area (Å²) < 4.78 is 2.65. The second-order valence-electron chi connectivity index (χ2n) is 3.33. The predicted octanol–water partition coefficient (Wildman–Crippen LogP) is 0.0641. The molecule has 2 aromatic heterocycles. The van der Waals surface area contributed by atoms with Gasteiger partial charge in [0.1, 0.15) is 0 Å². The van der Waals surface area contributed by atoms with Crippen LogP contribution < -0.4 is 11.1 Å². The number of aromatic amines is 2. The molecule has 16 heavy (non-hydrogen) atoms. The molecule has 0 fully saturated rings. The Bertz CT molecular complexity index is 762. The summed E-state index contributed by atoms with van der Waals surface area (Å²) in [7, 11) is 0. The van der Waals surface area contributed by atoms with E-state index in [0.717, 1.165) is 9.65 Å². The molecule has 0 aliphatic carbocycles. The molecule has 0 spiro atoms. The van der Waals surface area contributed by atoms with Gasteiger partial charge in [-0.15, -0.1) is 0 Å². The van der Waals surface area contributed by atoms with Gasteiger partial charge in [0.25, 0.3) is 0 Å². The number of hydrogen-bond donors (Lipinski definition) is 2. The molecule has 3 aromatic rings. The van der Waals surface area contributed by atoms with Crippen molar-refractivity contribution in [3.63, 3.8) is 0 Å². The van der Waals surface area contributed by atoms with E-state index < -0.39 is 0 Å². The number of H-pyrrole nitrogens is 2. The molecule has 0 unspecified atom stereocenters. The molecule has 0 aliphatic rings. The standard InChI is InChI=1S/C10H7N3O2Se/c14-9-5-8(11-12-9)13-10(15)6-3-1-2-4-7(6)16-13/h1-5H,(H2,11,12,14). The first-order valence-electron chi connectivity index (χ1n) is 4.65. The van der Waals surface area contributed by atoms with Crippen molar-refractivity contribution in [2.24, 2.45) is 0 Å². The molecule has 0 bridgehead atoms. The molecule has 2 N–H and O–H groups in total. The first-order chi connectivity index (χ1) is 7.75. The van der Waals surface area contributed by atoms with Crippen LogP contribution in [-0.4, -0.2) is 28.5 Å². The van der Waals surface area contributed by atoms with Crippen LogP contribution in [0.3, 0.4) is 0 Å². The Balaban J connectivity index is 2.37. The van der Waals surface area contributed by atoms with E-state index in [4.69, 9.17) is 0 Å². The summed E-state index contributed by atoms with van der Waals surface area (Å²) in [4.78, 5) is 23.0. The molecule has 0 atom stereocenters. The molecular formula is C10H7N3O2Se. The van der Waals surface area contributed by atoms with Gasteiger partial charge in [-0.1, -0.05) is 0 Å². The molecule has 5 nitrogen and oxygen atoms in total. The van der Waals surface area contributed by atoms with E-state index in [2.05, 4.69) is 10.2 Å². The van der Waals surface area contributed by atoms with Crippen molar-refractivity contribution in [3.8, 4) is 5.82 Å². The number of aromatic nitrogens is 3. The predicted molar refractivity (Wildman–Crippen MR) is 61.5 cm³/mol. The van der Waals surface area contributed by atoms with Gasteiger partial charge in [0.15, 0.2) is 0 Å². The minimum absolute atomic E-state index is 0.0501. The van der Waals surface area contributed by atoms with Crippen LogP contribution >= 0.6 is 0 Å². The van der Waals surface area contributed by atoms with Crippen LogP contribution in [0.1, 0.15) is 0 Å². The molecule has 0 amide bonds. The van der Waals surface area contributed by atoms with Gasteiger partial charge < -0.3 is 0 Å². The van der Waals surface area contributed by atoms with Crippen LogP contribution in [0.15, 0.2) is 39.9 Å². The van der Waals surface area contributed by atoms with Crippen molar-refractivity contribution in [2.75, 3.05) is 0 Å². The van der Waals surface area contributed by atoms with Crippen LogP contribution in [0.5, 0.6) is 0 Å². The van der Waals surface area contributed by atoms with Gasteiger partial charge in [-0.05, 0) is 0 Å². The van der Waals surface area contributed by atoms with Gasteiger partial charge in [0.2, 0.25) is 0 Å². The van der Waals surface area contributed by atoms with Crippen molar-refractivity contribution in [2.45, 2.75) is 0 Å². The van der Waals surface area contributed by atoms with E-state index in [9.17, 15) is 9.59 Å². The van der Waals surface area contributed by atoms with Gasteiger partial charge >= 0.3 is 95.0 Å². The Hall–Kier alpha value is -1.78. The quantitative estimate of drug-likeness (QED) is 0.619. The summed E-state index contributed by atoms with van der Waals surface area (Å²) in [6.45, 7) is 0. The van der Waals surface area contributed by atoms with Gasteiger partial charge in [0.05, 0.1) is 0 Å². The van der Waals surface area contributed by atoms with Gasteiger partial charge in [-0.25, -0.2) is 0 Å². The van der Waals surface area contributed by atoms with Crippen molar-refractivity contribution in [1.29, 1.82) is 0 Å². The summed E-state index contributed by atoms with van der Waals surface area (Å²) in [6.07, 6.45) is 0. The summed E-state index contributed by atoms with van der Waals surface area (Å²) in [6, 6.07) is 8.90. The first-order valence-corrected chi connectivity index (χ1v) is 6.27. The fourth-order valence-corrected chi connectivity index (χ4v) is 3.59. The SMILES string of the molecule is O=c1cc(-n2[se]c3ccccc3c2=O)[nH][nH]1. The number of fused-ring (bicyclic) bond motifs is 1.